The lowest BCUT2D eigenvalue weighted by molar-refractivity contribution is 0.368. The Kier molecular flexibility index (Phi) is 3.23. The molecule has 0 aliphatic rings. The molecule has 0 radical (unpaired) electrons. The van der Waals surface area contributed by atoms with E-state index in [1.54, 1.807) is 0 Å². The molecule has 0 heterocycles. The molecule has 4 N–H and O–H groups in total. The summed E-state index contributed by atoms with van der Waals surface area (Å²) < 4.78 is 0. The van der Waals surface area contributed by atoms with E-state index in [2.05, 4.69) is 0 Å². The first-order valence-electron chi connectivity index (χ1n) is 2.71. The Morgan fingerprint density at radius 3 is 2.12 bits per heavy atom. The summed E-state index contributed by atoms with van der Waals surface area (Å²) in [5.41, 5.74) is 5.14. The standard InChI is InChI=1S/C4H13NO2Si/c1-8(6,7)4-2-3-5/h6-7H,2-5H2,1H3. The van der Waals surface area contributed by atoms with Crippen LogP contribution in [0, 0.1) is 0 Å². The maximum Gasteiger partial charge on any atom is 0.329 e. The third-order valence-corrected chi connectivity index (χ3v) is 2.16. The Morgan fingerprint density at radius 1 is 1.50 bits per heavy atom. The summed E-state index contributed by atoms with van der Waals surface area (Å²) in [6.45, 7) is 2.03. The molecule has 0 bridgehead atoms. The van der Waals surface area contributed by atoms with Gasteiger partial charge in [-0.3, -0.25) is 0 Å². The van der Waals surface area contributed by atoms with E-state index in [9.17, 15) is 0 Å². The van der Waals surface area contributed by atoms with E-state index in [4.69, 9.17) is 15.3 Å². The molecule has 0 saturated heterocycles. The van der Waals surface area contributed by atoms with Gasteiger partial charge < -0.3 is 15.3 Å². The van der Waals surface area contributed by atoms with Crippen molar-refractivity contribution in [3.8, 4) is 0 Å². The van der Waals surface area contributed by atoms with Crippen molar-refractivity contribution in [2.24, 2.45) is 5.73 Å². The average molecular weight is 135 g/mol. The first-order valence-corrected chi connectivity index (χ1v) is 5.31. The van der Waals surface area contributed by atoms with Gasteiger partial charge in [0.15, 0.2) is 0 Å². The van der Waals surface area contributed by atoms with Crippen LogP contribution in [0.1, 0.15) is 6.42 Å². The molecule has 0 aromatic carbocycles. The topological polar surface area (TPSA) is 66.5 Å². The third kappa shape index (κ3) is 6.10. The van der Waals surface area contributed by atoms with Crippen LogP contribution in [-0.4, -0.2) is 24.7 Å². The second kappa shape index (κ2) is 3.19. The van der Waals surface area contributed by atoms with Crippen molar-refractivity contribution in [2.75, 3.05) is 6.54 Å². The molecule has 4 heteroatoms. The summed E-state index contributed by atoms with van der Waals surface area (Å²) in [6.07, 6.45) is 0.718. The zero-order valence-electron chi connectivity index (χ0n) is 5.09. The van der Waals surface area contributed by atoms with Crippen LogP contribution in [0.3, 0.4) is 0 Å². The molecular formula is C4H13NO2Si. The first-order chi connectivity index (χ1) is 3.56. The molecule has 8 heavy (non-hydrogen) atoms. The fourth-order valence-electron chi connectivity index (χ4n) is 0.437. The van der Waals surface area contributed by atoms with Crippen molar-refractivity contribution in [3.63, 3.8) is 0 Å². The maximum atomic E-state index is 8.79. The summed E-state index contributed by atoms with van der Waals surface area (Å²) in [5.74, 6) is 0. The molecule has 3 nitrogen and oxygen atoms in total. The molecular weight excluding hydrogens is 122 g/mol. The van der Waals surface area contributed by atoms with Crippen molar-refractivity contribution in [1.82, 2.24) is 0 Å². The molecule has 0 saturated carbocycles. The molecule has 0 aliphatic carbocycles. The lowest BCUT2D eigenvalue weighted by Crippen LogP contribution is -2.30. The van der Waals surface area contributed by atoms with Crippen molar-refractivity contribution < 1.29 is 9.59 Å². The average Bonchev–Trinajstić information content (AvgIpc) is 1.59. The Labute approximate surface area is 50.4 Å². The van der Waals surface area contributed by atoms with Gasteiger partial charge in [-0.2, -0.15) is 0 Å². The Morgan fingerprint density at radius 2 is 2.00 bits per heavy atom. The largest absolute Gasteiger partial charge is 0.411 e. The number of nitrogens with two attached hydrogens (primary N) is 1. The molecule has 0 spiro atoms. The lowest BCUT2D eigenvalue weighted by atomic mass is 10.5. The van der Waals surface area contributed by atoms with Gasteiger partial charge in [-0.05, 0) is 25.6 Å². The van der Waals surface area contributed by atoms with Crippen LogP contribution >= 0.6 is 0 Å². The summed E-state index contributed by atoms with van der Waals surface area (Å²) >= 11 is 0. The van der Waals surface area contributed by atoms with E-state index in [-0.39, 0.29) is 0 Å². The highest BCUT2D eigenvalue weighted by molar-refractivity contribution is 6.63. The van der Waals surface area contributed by atoms with E-state index in [1.807, 2.05) is 0 Å². The Balaban J connectivity index is 3.11. The summed E-state index contributed by atoms with van der Waals surface area (Å²) in [4.78, 5) is 17.6. The molecule has 0 fully saturated rings. The van der Waals surface area contributed by atoms with E-state index in [0.717, 1.165) is 6.42 Å². The van der Waals surface area contributed by atoms with Gasteiger partial charge in [-0.1, -0.05) is 0 Å². The third-order valence-electron chi connectivity index (χ3n) is 0.855. The van der Waals surface area contributed by atoms with Gasteiger partial charge in [0.25, 0.3) is 0 Å². The van der Waals surface area contributed by atoms with Crippen molar-refractivity contribution >= 4 is 8.56 Å². The number of rotatable bonds is 3. The first kappa shape index (κ1) is 8.10. The fraction of sp³-hybridized carbons (Fsp3) is 1.00. The van der Waals surface area contributed by atoms with Crippen LogP contribution in [0.2, 0.25) is 12.6 Å². The summed E-state index contributed by atoms with van der Waals surface area (Å²) in [7, 11) is -2.76. The highest BCUT2D eigenvalue weighted by atomic mass is 28.4. The minimum absolute atomic E-state index is 0.490. The maximum absolute atomic E-state index is 8.79. The van der Waals surface area contributed by atoms with Crippen molar-refractivity contribution in [2.45, 2.75) is 19.0 Å². The number of hydrogen-bond acceptors (Lipinski definition) is 3. The minimum Gasteiger partial charge on any atom is -0.411 e. The van der Waals surface area contributed by atoms with Crippen LogP contribution in [0.25, 0.3) is 0 Å². The van der Waals surface area contributed by atoms with E-state index in [1.165, 1.54) is 6.55 Å². The molecule has 0 aromatic heterocycles. The summed E-state index contributed by atoms with van der Waals surface area (Å²) in [6, 6.07) is 0.490. The van der Waals surface area contributed by atoms with Gasteiger partial charge in [-0.15, -0.1) is 0 Å². The quantitative estimate of drug-likeness (QED) is 0.452. The van der Waals surface area contributed by atoms with E-state index >= 15 is 0 Å². The highest BCUT2D eigenvalue weighted by Gasteiger charge is 2.19. The second-order valence-electron chi connectivity index (χ2n) is 2.11. The Hall–Kier alpha value is 0.0969. The van der Waals surface area contributed by atoms with Gasteiger partial charge >= 0.3 is 8.56 Å². The zero-order valence-corrected chi connectivity index (χ0v) is 6.09. The van der Waals surface area contributed by atoms with Crippen molar-refractivity contribution in [1.29, 1.82) is 0 Å². The highest BCUT2D eigenvalue weighted by Crippen LogP contribution is 2.01. The van der Waals surface area contributed by atoms with Crippen LogP contribution < -0.4 is 5.73 Å². The molecule has 0 unspecified atom stereocenters. The van der Waals surface area contributed by atoms with Gasteiger partial charge in [0.2, 0.25) is 0 Å². The predicted octanol–water partition coefficient (Wildman–Crippen LogP) is -0.608. The second-order valence-corrected chi connectivity index (χ2v) is 5.04. The van der Waals surface area contributed by atoms with Crippen molar-refractivity contribution in [3.05, 3.63) is 0 Å². The SMILES string of the molecule is C[Si](O)(O)CCCN. The van der Waals surface area contributed by atoms with E-state index in [0.29, 0.717) is 12.6 Å². The minimum atomic E-state index is -2.76. The predicted molar refractivity (Wildman–Crippen MR) is 34.5 cm³/mol. The normalized spacial score (nSPS) is 12.0. The molecule has 0 aliphatic heterocycles. The molecule has 0 amide bonds. The number of hydrogen-bond donors (Lipinski definition) is 3. The van der Waals surface area contributed by atoms with Gasteiger partial charge in [0.1, 0.15) is 0 Å². The fourth-order valence-corrected chi connectivity index (χ4v) is 1.31. The lowest BCUT2D eigenvalue weighted by Gasteiger charge is -2.08. The van der Waals surface area contributed by atoms with E-state index < -0.39 is 8.56 Å². The van der Waals surface area contributed by atoms with Crippen LogP contribution in [0.5, 0.6) is 0 Å². The molecule has 50 valence electrons. The Bertz CT molecular complexity index is 61.5. The smallest absolute Gasteiger partial charge is 0.329 e. The van der Waals surface area contributed by atoms with Crippen LogP contribution in [0.4, 0.5) is 0 Å². The monoisotopic (exact) mass is 135 g/mol. The van der Waals surface area contributed by atoms with Gasteiger partial charge in [0, 0.05) is 0 Å². The zero-order chi connectivity index (χ0) is 6.62. The summed E-state index contributed by atoms with van der Waals surface area (Å²) in [5, 5.41) is 0. The molecule has 0 aromatic rings. The van der Waals surface area contributed by atoms with Crippen LogP contribution in [-0.2, 0) is 0 Å². The molecule has 0 rings (SSSR count). The molecule has 0 atom stereocenters. The van der Waals surface area contributed by atoms with Gasteiger partial charge in [0.05, 0.1) is 0 Å². The van der Waals surface area contributed by atoms with Crippen LogP contribution in [0.15, 0.2) is 0 Å². The van der Waals surface area contributed by atoms with Gasteiger partial charge in [-0.25, -0.2) is 0 Å².